The highest BCUT2D eigenvalue weighted by Gasteiger charge is 2.09. The van der Waals surface area contributed by atoms with Gasteiger partial charge in [-0.2, -0.15) is 5.10 Å². The zero-order valence-electron chi connectivity index (χ0n) is 15.7. The molecule has 0 amide bonds. The van der Waals surface area contributed by atoms with Crippen LogP contribution < -0.4 is 10.3 Å². The molecule has 142 valence electrons. The molecule has 0 saturated heterocycles. The number of nitrogens with zero attached hydrogens (tertiary/aromatic N) is 3. The largest absolute Gasteiger partial charge is 0.489 e. The smallest absolute Gasteiger partial charge is 0.258 e. The first-order valence-electron chi connectivity index (χ1n) is 9.12. The number of aryl methyl sites for hydroxylation is 2. The molecule has 0 aliphatic carbocycles. The molecular weight excluding hydrogens is 357 g/mol. The number of pyridine rings is 1. The standard InChI is InChI=1S/C22H20FN3O2/c1-3-26-15(2)20-12-18(8-9-21(20)24-26)25-11-10-19(13-22(25)27)28-14-16-4-6-17(23)7-5-16/h4-13H,3,14H2,1-2H3. The van der Waals surface area contributed by atoms with E-state index in [1.807, 2.05) is 29.8 Å². The van der Waals surface area contributed by atoms with E-state index >= 15 is 0 Å². The summed E-state index contributed by atoms with van der Waals surface area (Å²) in [5.41, 5.74) is 3.42. The monoisotopic (exact) mass is 377 g/mol. The van der Waals surface area contributed by atoms with Crippen molar-refractivity contribution in [1.82, 2.24) is 14.3 Å². The van der Waals surface area contributed by atoms with E-state index in [0.717, 1.165) is 34.4 Å². The number of hydrogen-bond acceptors (Lipinski definition) is 3. The van der Waals surface area contributed by atoms with Crippen molar-refractivity contribution in [2.24, 2.45) is 0 Å². The van der Waals surface area contributed by atoms with Gasteiger partial charge in [0.2, 0.25) is 0 Å². The molecule has 0 unspecified atom stereocenters. The van der Waals surface area contributed by atoms with Crippen molar-refractivity contribution in [2.75, 3.05) is 0 Å². The Morgan fingerprint density at radius 3 is 2.57 bits per heavy atom. The number of rotatable bonds is 5. The molecule has 2 aromatic heterocycles. The van der Waals surface area contributed by atoms with Crippen LogP contribution >= 0.6 is 0 Å². The van der Waals surface area contributed by atoms with E-state index in [4.69, 9.17) is 4.74 Å². The minimum absolute atomic E-state index is 0.184. The van der Waals surface area contributed by atoms with Gasteiger partial charge in [-0.3, -0.25) is 14.0 Å². The maximum Gasteiger partial charge on any atom is 0.258 e. The normalized spacial score (nSPS) is 11.1. The van der Waals surface area contributed by atoms with Crippen LogP contribution in [0.4, 0.5) is 4.39 Å². The van der Waals surface area contributed by atoms with E-state index in [-0.39, 0.29) is 18.0 Å². The van der Waals surface area contributed by atoms with E-state index in [0.29, 0.717) is 5.75 Å². The zero-order valence-corrected chi connectivity index (χ0v) is 15.7. The lowest BCUT2D eigenvalue weighted by atomic mass is 10.2. The molecule has 0 spiro atoms. The van der Waals surface area contributed by atoms with Gasteiger partial charge in [0.15, 0.2) is 0 Å². The van der Waals surface area contributed by atoms with Crippen molar-refractivity contribution in [3.05, 3.63) is 88.2 Å². The average molecular weight is 377 g/mol. The van der Waals surface area contributed by atoms with E-state index in [2.05, 4.69) is 12.0 Å². The van der Waals surface area contributed by atoms with Crippen molar-refractivity contribution < 1.29 is 9.13 Å². The molecule has 2 aromatic carbocycles. The van der Waals surface area contributed by atoms with Gasteiger partial charge in [-0.05, 0) is 55.8 Å². The summed E-state index contributed by atoms with van der Waals surface area (Å²) in [4.78, 5) is 12.6. The average Bonchev–Trinajstić information content (AvgIpc) is 3.03. The lowest BCUT2D eigenvalue weighted by Gasteiger charge is -2.09. The van der Waals surface area contributed by atoms with E-state index in [9.17, 15) is 9.18 Å². The Balaban J connectivity index is 1.59. The Kier molecular flexibility index (Phi) is 4.69. The van der Waals surface area contributed by atoms with Crippen LogP contribution in [0.3, 0.4) is 0 Å². The van der Waals surface area contributed by atoms with Crippen molar-refractivity contribution in [2.45, 2.75) is 27.0 Å². The minimum Gasteiger partial charge on any atom is -0.489 e. The predicted octanol–water partition coefficient (Wildman–Crippen LogP) is 4.23. The molecular formula is C22H20FN3O2. The second-order valence-electron chi connectivity index (χ2n) is 6.59. The third-order valence-corrected chi connectivity index (χ3v) is 4.77. The number of ether oxygens (including phenoxy) is 1. The minimum atomic E-state index is -0.289. The topological polar surface area (TPSA) is 49.0 Å². The van der Waals surface area contributed by atoms with Crippen LogP contribution in [0.25, 0.3) is 16.6 Å². The first-order valence-corrected chi connectivity index (χ1v) is 9.12. The van der Waals surface area contributed by atoms with E-state index in [1.165, 1.54) is 18.2 Å². The number of benzene rings is 2. The summed E-state index contributed by atoms with van der Waals surface area (Å²) in [5.74, 6) is 0.185. The highest BCUT2D eigenvalue weighted by atomic mass is 19.1. The predicted molar refractivity (Wildman–Crippen MR) is 106 cm³/mol. The Morgan fingerprint density at radius 2 is 1.86 bits per heavy atom. The third kappa shape index (κ3) is 3.41. The summed E-state index contributed by atoms with van der Waals surface area (Å²) >= 11 is 0. The Labute approximate surface area is 161 Å². The Hall–Kier alpha value is -3.41. The van der Waals surface area contributed by atoms with Crippen LogP contribution in [0.2, 0.25) is 0 Å². The van der Waals surface area contributed by atoms with Gasteiger partial charge in [-0.15, -0.1) is 0 Å². The van der Waals surface area contributed by atoms with Crippen LogP contribution in [0.15, 0.2) is 65.6 Å². The molecule has 5 nitrogen and oxygen atoms in total. The van der Waals surface area contributed by atoms with Crippen LogP contribution in [-0.2, 0) is 13.2 Å². The lowest BCUT2D eigenvalue weighted by Crippen LogP contribution is -2.16. The summed E-state index contributed by atoms with van der Waals surface area (Å²) in [6.07, 6.45) is 1.70. The van der Waals surface area contributed by atoms with Gasteiger partial charge < -0.3 is 4.74 Å². The fraction of sp³-hybridized carbons (Fsp3) is 0.182. The van der Waals surface area contributed by atoms with Crippen LogP contribution in [0.5, 0.6) is 5.75 Å². The summed E-state index contributed by atoms with van der Waals surface area (Å²) in [6, 6.07) is 15.1. The highest BCUT2D eigenvalue weighted by Crippen LogP contribution is 2.21. The Morgan fingerprint density at radius 1 is 1.07 bits per heavy atom. The molecule has 0 fully saturated rings. The number of fused-ring (bicyclic) bond motifs is 1. The number of aromatic nitrogens is 3. The van der Waals surface area contributed by atoms with Crippen LogP contribution in [-0.4, -0.2) is 14.3 Å². The van der Waals surface area contributed by atoms with Gasteiger partial charge in [-0.25, -0.2) is 4.39 Å². The zero-order chi connectivity index (χ0) is 19.7. The van der Waals surface area contributed by atoms with E-state index in [1.54, 1.807) is 29.0 Å². The van der Waals surface area contributed by atoms with Crippen molar-refractivity contribution in [3.8, 4) is 11.4 Å². The summed E-state index contributed by atoms with van der Waals surface area (Å²) < 4.78 is 22.1. The van der Waals surface area contributed by atoms with Gasteiger partial charge in [0.25, 0.3) is 5.56 Å². The molecule has 4 rings (SSSR count). The van der Waals surface area contributed by atoms with Crippen molar-refractivity contribution >= 4 is 10.9 Å². The van der Waals surface area contributed by atoms with Gasteiger partial charge in [0.1, 0.15) is 18.2 Å². The molecule has 0 N–H and O–H groups in total. The highest BCUT2D eigenvalue weighted by molar-refractivity contribution is 5.83. The first kappa shape index (κ1) is 18.0. The first-order chi connectivity index (χ1) is 13.5. The summed E-state index contributed by atoms with van der Waals surface area (Å²) in [5, 5.41) is 5.58. The molecule has 0 aliphatic heterocycles. The van der Waals surface area contributed by atoms with Crippen molar-refractivity contribution in [1.29, 1.82) is 0 Å². The van der Waals surface area contributed by atoms with Gasteiger partial charge >= 0.3 is 0 Å². The molecule has 4 aromatic rings. The number of hydrogen-bond donors (Lipinski definition) is 0. The lowest BCUT2D eigenvalue weighted by molar-refractivity contribution is 0.305. The molecule has 0 bridgehead atoms. The van der Waals surface area contributed by atoms with Crippen molar-refractivity contribution in [3.63, 3.8) is 0 Å². The maximum absolute atomic E-state index is 13.0. The molecule has 0 atom stereocenters. The van der Waals surface area contributed by atoms with Gasteiger partial charge in [0, 0.05) is 35.6 Å². The fourth-order valence-corrected chi connectivity index (χ4v) is 3.21. The molecule has 0 radical (unpaired) electrons. The second-order valence-corrected chi connectivity index (χ2v) is 6.59. The van der Waals surface area contributed by atoms with E-state index < -0.39 is 0 Å². The molecule has 6 heteroatoms. The molecule has 2 heterocycles. The maximum atomic E-state index is 13.0. The van der Waals surface area contributed by atoms with Crippen LogP contribution in [0, 0.1) is 12.7 Å². The number of halogens is 1. The fourth-order valence-electron chi connectivity index (χ4n) is 3.21. The second kappa shape index (κ2) is 7.31. The Bertz CT molecular complexity index is 1190. The molecule has 28 heavy (non-hydrogen) atoms. The third-order valence-electron chi connectivity index (χ3n) is 4.77. The summed E-state index contributed by atoms with van der Waals surface area (Å²) in [7, 11) is 0. The molecule has 0 aliphatic rings. The quantitative estimate of drug-likeness (QED) is 0.523. The molecule has 0 saturated carbocycles. The van der Waals surface area contributed by atoms with Gasteiger partial charge in [0.05, 0.1) is 5.52 Å². The SMILES string of the molecule is CCn1nc2ccc(-n3ccc(OCc4ccc(F)cc4)cc3=O)cc2c1C. The summed E-state index contributed by atoms with van der Waals surface area (Å²) in [6.45, 7) is 5.15. The van der Waals surface area contributed by atoms with Gasteiger partial charge in [-0.1, -0.05) is 12.1 Å². The van der Waals surface area contributed by atoms with Crippen LogP contribution in [0.1, 0.15) is 18.2 Å².